The number of fused-ring (bicyclic) bond motifs is 1. The van der Waals surface area contributed by atoms with Gasteiger partial charge in [0.1, 0.15) is 23.6 Å². The van der Waals surface area contributed by atoms with E-state index in [1.807, 2.05) is 24.3 Å². The van der Waals surface area contributed by atoms with Crippen LogP contribution in [0.1, 0.15) is 23.1 Å². The predicted octanol–water partition coefficient (Wildman–Crippen LogP) is 3.62. The van der Waals surface area contributed by atoms with Crippen LogP contribution in [-0.4, -0.2) is 37.7 Å². The molecule has 11 nitrogen and oxygen atoms in total. The van der Waals surface area contributed by atoms with E-state index in [4.69, 9.17) is 14.1 Å². The number of nitrogens with zero attached hydrogens (tertiary/aromatic N) is 6. The van der Waals surface area contributed by atoms with Gasteiger partial charge in [0.2, 0.25) is 0 Å². The number of carbonyl (C=O) groups is 1. The molecule has 0 aliphatic carbocycles. The van der Waals surface area contributed by atoms with Gasteiger partial charge in [-0.05, 0) is 30.0 Å². The van der Waals surface area contributed by atoms with Crippen LogP contribution in [-0.2, 0) is 11.3 Å². The van der Waals surface area contributed by atoms with Crippen LogP contribution in [0.4, 0.5) is 0 Å². The van der Waals surface area contributed by atoms with Gasteiger partial charge in [-0.15, -0.1) is 5.10 Å². The van der Waals surface area contributed by atoms with Gasteiger partial charge in [0.15, 0.2) is 5.69 Å². The van der Waals surface area contributed by atoms with Gasteiger partial charge in [-0.25, -0.2) is 4.79 Å². The van der Waals surface area contributed by atoms with Crippen molar-refractivity contribution >= 4 is 32.8 Å². The van der Waals surface area contributed by atoms with E-state index in [0.717, 1.165) is 9.86 Å². The lowest BCUT2D eigenvalue weighted by Crippen LogP contribution is -2.26. The average molecular weight is 537 g/mol. The van der Waals surface area contributed by atoms with Crippen molar-refractivity contribution in [3.63, 3.8) is 0 Å². The molecule has 3 aromatic heterocycles. The fraction of sp³-hybridized carbons (Fsp3) is 0.130. The topological polar surface area (TPSA) is 132 Å². The summed E-state index contributed by atoms with van der Waals surface area (Å²) in [6, 6.07) is 16.1. The van der Waals surface area contributed by atoms with Gasteiger partial charge in [-0.1, -0.05) is 57.5 Å². The second-order valence-corrected chi connectivity index (χ2v) is 8.07. The van der Waals surface area contributed by atoms with Crippen LogP contribution in [0.3, 0.4) is 0 Å². The number of pyridine rings is 1. The van der Waals surface area contributed by atoms with Crippen molar-refractivity contribution in [1.29, 1.82) is 0 Å². The molecule has 0 saturated heterocycles. The predicted molar refractivity (Wildman–Crippen MR) is 126 cm³/mol. The highest BCUT2D eigenvalue weighted by atomic mass is 79.9. The number of hydrogen-bond acceptors (Lipinski definition) is 9. The van der Waals surface area contributed by atoms with Gasteiger partial charge < -0.3 is 14.7 Å². The maximum Gasteiger partial charge on any atom is 0.360 e. The van der Waals surface area contributed by atoms with Gasteiger partial charge in [0, 0.05) is 21.6 Å². The lowest BCUT2D eigenvalue weighted by molar-refractivity contribution is -0.793. The monoisotopic (exact) mass is 536 g/mol. The molecule has 0 atom stereocenters. The van der Waals surface area contributed by atoms with Crippen LogP contribution in [0.2, 0.25) is 0 Å². The van der Waals surface area contributed by atoms with Crippen molar-refractivity contribution in [1.82, 2.24) is 25.1 Å². The van der Waals surface area contributed by atoms with Crippen LogP contribution in [0.25, 0.3) is 28.0 Å². The van der Waals surface area contributed by atoms with Crippen LogP contribution in [0, 0.1) is 5.21 Å². The smallest absolute Gasteiger partial charge is 0.360 e. The van der Waals surface area contributed by atoms with Crippen molar-refractivity contribution in [2.45, 2.75) is 13.5 Å². The number of esters is 1. The summed E-state index contributed by atoms with van der Waals surface area (Å²) >= 11 is 3.51. The Kier molecular flexibility index (Phi) is 6.10. The molecule has 176 valence electrons. The second kappa shape index (κ2) is 9.50. The van der Waals surface area contributed by atoms with E-state index >= 15 is 0 Å². The molecule has 2 aromatic carbocycles. The standard InChI is InChI=1S/C23H17BrN6O5/c1-2-33-23(31)20-17(13-34-18-11-10-16(24)15-9-6-12-25-19(15)18)29(28-26-20)22-21(30(32)35-27-22)14-7-4-3-5-8-14/h3-12H,2,13H2,1H3. The van der Waals surface area contributed by atoms with Crippen molar-refractivity contribution in [3.05, 3.63) is 81.9 Å². The summed E-state index contributed by atoms with van der Waals surface area (Å²) in [6.45, 7) is 1.69. The first kappa shape index (κ1) is 22.5. The molecule has 12 heteroatoms. The molecule has 5 aromatic rings. The average Bonchev–Trinajstić information content (AvgIpc) is 3.47. The molecule has 0 radical (unpaired) electrons. The van der Waals surface area contributed by atoms with E-state index in [1.165, 1.54) is 4.68 Å². The number of rotatable bonds is 7. The summed E-state index contributed by atoms with van der Waals surface area (Å²) < 4.78 is 18.2. The number of hydrogen-bond donors (Lipinski definition) is 0. The van der Waals surface area contributed by atoms with E-state index in [2.05, 4.69) is 36.4 Å². The highest BCUT2D eigenvalue weighted by Gasteiger charge is 2.30. The normalized spacial score (nSPS) is 11.0. The van der Waals surface area contributed by atoms with Gasteiger partial charge in [0.05, 0.1) is 11.8 Å². The molecular formula is C23H17BrN6O5. The number of benzene rings is 2. The number of halogens is 1. The minimum atomic E-state index is -0.684. The first-order chi connectivity index (χ1) is 17.1. The summed E-state index contributed by atoms with van der Waals surface area (Å²) in [5.41, 5.74) is 1.43. The van der Waals surface area contributed by atoms with Crippen molar-refractivity contribution in [2.75, 3.05) is 6.61 Å². The first-order valence-electron chi connectivity index (χ1n) is 10.5. The summed E-state index contributed by atoms with van der Waals surface area (Å²) in [5.74, 6) is -0.156. The Morgan fingerprint density at radius 1 is 1.17 bits per heavy atom. The maximum absolute atomic E-state index is 12.6. The zero-order valence-corrected chi connectivity index (χ0v) is 19.9. The van der Waals surface area contributed by atoms with Crippen molar-refractivity contribution in [2.24, 2.45) is 0 Å². The number of carbonyl (C=O) groups excluding carboxylic acids is 1. The Hall–Kier alpha value is -4.32. The molecule has 5 rings (SSSR count). The Morgan fingerprint density at radius 2 is 2.00 bits per heavy atom. The maximum atomic E-state index is 12.6. The van der Waals surface area contributed by atoms with E-state index in [1.54, 1.807) is 43.5 Å². The summed E-state index contributed by atoms with van der Waals surface area (Å²) in [4.78, 5) is 17.3. The molecule has 0 spiro atoms. The first-order valence-corrected chi connectivity index (χ1v) is 11.3. The number of aromatic nitrogens is 6. The van der Waals surface area contributed by atoms with Crippen LogP contribution < -0.4 is 9.64 Å². The van der Waals surface area contributed by atoms with Gasteiger partial charge in [-0.2, -0.15) is 4.68 Å². The lowest BCUT2D eigenvalue weighted by Gasteiger charge is -2.10. The van der Waals surface area contributed by atoms with E-state index in [-0.39, 0.29) is 41.0 Å². The van der Waals surface area contributed by atoms with Gasteiger partial charge in [0.25, 0.3) is 5.69 Å². The molecule has 0 fully saturated rings. The van der Waals surface area contributed by atoms with Crippen LogP contribution >= 0.6 is 15.9 Å². The fourth-order valence-electron chi connectivity index (χ4n) is 3.54. The minimum Gasteiger partial charge on any atom is -0.485 e. The molecule has 0 aliphatic rings. The zero-order chi connectivity index (χ0) is 24.4. The third-order valence-electron chi connectivity index (χ3n) is 5.12. The van der Waals surface area contributed by atoms with Crippen molar-refractivity contribution < 1.29 is 23.8 Å². The molecular weight excluding hydrogens is 520 g/mol. The Balaban J connectivity index is 1.59. The van der Waals surface area contributed by atoms with Gasteiger partial charge >= 0.3 is 11.8 Å². The largest absolute Gasteiger partial charge is 0.485 e. The third kappa shape index (κ3) is 4.19. The van der Waals surface area contributed by atoms with E-state index < -0.39 is 5.97 Å². The highest BCUT2D eigenvalue weighted by Crippen LogP contribution is 2.31. The molecule has 0 saturated carbocycles. The highest BCUT2D eigenvalue weighted by molar-refractivity contribution is 9.10. The Bertz CT molecular complexity index is 1520. The number of ether oxygens (including phenoxy) is 2. The molecule has 3 heterocycles. The zero-order valence-electron chi connectivity index (χ0n) is 18.3. The molecule has 35 heavy (non-hydrogen) atoms. The summed E-state index contributed by atoms with van der Waals surface area (Å²) in [5, 5.41) is 25.2. The molecule has 0 unspecified atom stereocenters. The van der Waals surface area contributed by atoms with Gasteiger partial charge in [-0.3, -0.25) is 9.61 Å². The minimum absolute atomic E-state index is 0.0478. The molecule has 0 aliphatic heterocycles. The van der Waals surface area contributed by atoms with E-state index in [9.17, 15) is 10.0 Å². The quantitative estimate of drug-likeness (QED) is 0.226. The molecule has 0 bridgehead atoms. The second-order valence-electron chi connectivity index (χ2n) is 7.22. The summed E-state index contributed by atoms with van der Waals surface area (Å²) in [6.07, 6.45) is 1.66. The van der Waals surface area contributed by atoms with Crippen LogP contribution in [0.5, 0.6) is 5.75 Å². The summed E-state index contributed by atoms with van der Waals surface area (Å²) in [7, 11) is 0. The SMILES string of the molecule is CCOC(=O)c1nnn(-c2no[n+]([O-])c2-c2ccccc2)c1COc1ccc(Br)c2cccnc12. The fourth-order valence-corrected chi connectivity index (χ4v) is 4.00. The van der Waals surface area contributed by atoms with Crippen molar-refractivity contribution in [3.8, 4) is 22.8 Å². The lowest BCUT2D eigenvalue weighted by atomic mass is 10.1. The molecule has 0 amide bonds. The third-order valence-corrected chi connectivity index (χ3v) is 5.81. The molecule has 0 N–H and O–H groups in total. The Labute approximate surface area is 206 Å². The Morgan fingerprint density at radius 3 is 2.80 bits per heavy atom. The van der Waals surface area contributed by atoms with E-state index in [0.29, 0.717) is 16.8 Å². The van der Waals surface area contributed by atoms with Crippen LogP contribution in [0.15, 0.2) is 69.9 Å².